The van der Waals surface area contributed by atoms with Crippen molar-refractivity contribution in [2.24, 2.45) is 0 Å². The number of amides is 1. The third-order valence-electron chi connectivity index (χ3n) is 4.26. The van der Waals surface area contributed by atoms with Crippen molar-refractivity contribution in [2.75, 3.05) is 32.4 Å². The molecule has 0 unspecified atom stereocenters. The van der Waals surface area contributed by atoms with Gasteiger partial charge >= 0.3 is 6.09 Å². The highest BCUT2D eigenvalue weighted by Crippen LogP contribution is 2.52. The third kappa shape index (κ3) is 1.82. The van der Waals surface area contributed by atoms with Crippen LogP contribution in [0.4, 0.5) is 10.5 Å². The van der Waals surface area contributed by atoms with E-state index >= 15 is 0 Å². The Hall–Kier alpha value is -1.79. The van der Waals surface area contributed by atoms with Crippen LogP contribution in [0.15, 0.2) is 24.3 Å². The smallest absolute Gasteiger partial charge is 0.411 e. The van der Waals surface area contributed by atoms with Crippen LogP contribution < -0.4 is 5.06 Å². The van der Waals surface area contributed by atoms with Crippen LogP contribution in [0.5, 0.6) is 0 Å². The molecular formula is C15H20N2O4. The average Bonchev–Trinajstić information content (AvgIpc) is 3.00. The lowest BCUT2D eigenvalue weighted by molar-refractivity contribution is -0.0775. The first-order valence-electron chi connectivity index (χ1n) is 7.11. The Bertz CT molecular complexity index is 550. The minimum absolute atomic E-state index is 0.340. The summed E-state index contributed by atoms with van der Waals surface area (Å²) in [4.78, 5) is 19.3. The molecule has 1 saturated heterocycles. The summed E-state index contributed by atoms with van der Waals surface area (Å²) in [6, 6.07) is 7.95. The fourth-order valence-corrected chi connectivity index (χ4v) is 3.52. The monoisotopic (exact) mass is 292 g/mol. The molecule has 1 aromatic carbocycles. The van der Waals surface area contributed by atoms with Gasteiger partial charge in [-0.25, -0.2) is 9.86 Å². The minimum Gasteiger partial charge on any atom is -0.453 e. The lowest BCUT2D eigenvalue weighted by atomic mass is 9.92. The Morgan fingerprint density at radius 3 is 2.81 bits per heavy atom. The van der Waals surface area contributed by atoms with Crippen LogP contribution in [0.25, 0.3) is 0 Å². The van der Waals surface area contributed by atoms with Crippen molar-refractivity contribution in [1.29, 1.82) is 0 Å². The molecule has 6 nitrogen and oxygen atoms in total. The standard InChI is InChI=1S/C15H20N2O4/c1-4-21-15-9-10-16(14(18)19-2)13(15)17(20-3)12-8-6-5-7-11(12)15/h5-8,13H,4,9-10H2,1-3H3/t13-,15-/m1/s1. The number of hydrogen-bond acceptors (Lipinski definition) is 5. The van der Waals surface area contributed by atoms with Crippen molar-refractivity contribution in [1.82, 2.24) is 4.90 Å². The van der Waals surface area contributed by atoms with E-state index in [-0.39, 0.29) is 12.3 Å². The van der Waals surface area contributed by atoms with Gasteiger partial charge in [0.05, 0.1) is 19.9 Å². The number of benzene rings is 1. The first-order valence-corrected chi connectivity index (χ1v) is 7.11. The van der Waals surface area contributed by atoms with Gasteiger partial charge in [-0.15, -0.1) is 0 Å². The quantitative estimate of drug-likeness (QED) is 0.854. The van der Waals surface area contributed by atoms with Crippen LogP contribution in [0.3, 0.4) is 0 Å². The van der Waals surface area contributed by atoms with E-state index < -0.39 is 5.60 Å². The van der Waals surface area contributed by atoms with Gasteiger partial charge in [0.1, 0.15) is 5.60 Å². The molecule has 2 aliphatic rings. The molecular weight excluding hydrogens is 272 g/mol. The minimum atomic E-state index is -0.560. The Balaban J connectivity index is 2.11. The van der Waals surface area contributed by atoms with E-state index in [1.807, 2.05) is 31.2 Å². The van der Waals surface area contributed by atoms with Gasteiger partial charge in [0, 0.05) is 25.1 Å². The Morgan fingerprint density at radius 2 is 2.14 bits per heavy atom. The molecule has 0 spiro atoms. The predicted molar refractivity (Wildman–Crippen MR) is 76.8 cm³/mol. The molecule has 1 fully saturated rings. The summed E-state index contributed by atoms with van der Waals surface area (Å²) >= 11 is 0. The maximum Gasteiger partial charge on any atom is 0.411 e. The van der Waals surface area contributed by atoms with Gasteiger partial charge in [-0.2, -0.15) is 0 Å². The van der Waals surface area contributed by atoms with Crippen molar-refractivity contribution in [2.45, 2.75) is 25.1 Å². The van der Waals surface area contributed by atoms with Crippen molar-refractivity contribution < 1.29 is 19.1 Å². The van der Waals surface area contributed by atoms with Crippen LogP contribution in [-0.4, -0.2) is 44.5 Å². The second kappa shape index (κ2) is 5.20. The van der Waals surface area contributed by atoms with Crippen molar-refractivity contribution >= 4 is 11.8 Å². The molecule has 2 atom stereocenters. The van der Waals surface area contributed by atoms with Gasteiger partial charge in [-0.05, 0) is 13.0 Å². The van der Waals surface area contributed by atoms with Gasteiger partial charge in [-0.1, -0.05) is 18.2 Å². The summed E-state index contributed by atoms with van der Waals surface area (Å²) in [5.74, 6) is 0. The summed E-state index contributed by atoms with van der Waals surface area (Å²) in [7, 11) is 2.99. The molecule has 0 aliphatic carbocycles. The van der Waals surface area contributed by atoms with E-state index in [1.165, 1.54) is 7.11 Å². The number of carbonyl (C=O) groups excluding carboxylic acids is 1. The zero-order valence-corrected chi connectivity index (χ0v) is 12.5. The van der Waals surface area contributed by atoms with Crippen molar-refractivity contribution in [3.8, 4) is 0 Å². The van der Waals surface area contributed by atoms with E-state index in [0.717, 1.165) is 17.7 Å². The average molecular weight is 292 g/mol. The highest BCUT2D eigenvalue weighted by Gasteiger charge is 2.60. The normalized spacial score (nSPS) is 26.7. The SMILES string of the molecule is CCO[C@@]12CCN(C(=O)OC)[C@@H]1N(OC)c1ccccc12. The first-order chi connectivity index (χ1) is 10.2. The molecule has 21 heavy (non-hydrogen) atoms. The zero-order valence-electron chi connectivity index (χ0n) is 12.5. The number of ether oxygens (including phenoxy) is 2. The molecule has 6 heteroatoms. The summed E-state index contributed by atoms with van der Waals surface area (Å²) < 4.78 is 11.0. The lowest BCUT2D eigenvalue weighted by Gasteiger charge is -2.35. The number of nitrogens with zero attached hydrogens (tertiary/aromatic N) is 2. The molecule has 2 aliphatic heterocycles. The number of hydroxylamine groups is 1. The number of rotatable bonds is 3. The molecule has 0 aromatic heterocycles. The van der Waals surface area contributed by atoms with Crippen LogP contribution in [0.2, 0.25) is 0 Å². The maximum absolute atomic E-state index is 12.1. The van der Waals surface area contributed by atoms with Crippen molar-refractivity contribution in [3.63, 3.8) is 0 Å². The number of anilines is 1. The number of carbonyl (C=O) groups is 1. The number of likely N-dealkylation sites (tertiary alicyclic amines) is 1. The number of fused-ring (bicyclic) bond motifs is 3. The molecule has 1 aromatic rings. The molecule has 0 radical (unpaired) electrons. The summed E-state index contributed by atoms with van der Waals surface area (Å²) in [5, 5.41) is 1.74. The fourth-order valence-electron chi connectivity index (χ4n) is 3.52. The van der Waals surface area contributed by atoms with Gasteiger partial charge < -0.3 is 9.47 Å². The maximum atomic E-state index is 12.1. The third-order valence-corrected chi connectivity index (χ3v) is 4.26. The van der Waals surface area contributed by atoms with E-state index in [9.17, 15) is 4.79 Å². The molecule has 0 bridgehead atoms. The van der Waals surface area contributed by atoms with E-state index in [0.29, 0.717) is 13.2 Å². The highest BCUT2D eigenvalue weighted by molar-refractivity contribution is 5.72. The van der Waals surface area contributed by atoms with Crippen LogP contribution in [-0.2, 0) is 19.9 Å². The molecule has 1 amide bonds. The van der Waals surface area contributed by atoms with Gasteiger partial charge in [-0.3, -0.25) is 9.74 Å². The number of methoxy groups -OCH3 is 1. The fraction of sp³-hybridized carbons (Fsp3) is 0.533. The summed E-state index contributed by atoms with van der Waals surface area (Å²) in [5.41, 5.74) is 1.44. The number of hydrogen-bond donors (Lipinski definition) is 0. The second-order valence-electron chi connectivity index (χ2n) is 5.14. The van der Waals surface area contributed by atoms with Gasteiger partial charge in [0.15, 0.2) is 6.17 Å². The topological polar surface area (TPSA) is 51.2 Å². The highest BCUT2D eigenvalue weighted by atomic mass is 16.7. The molecule has 114 valence electrons. The first kappa shape index (κ1) is 14.2. The van der Waals surface area contributed by atoms with Crippen LogP contribution in [0, 0.1) is 0 Å². The van der Waals surface area contributed by atoms with Crippen molar-refractivity contribution in [3.05, 3.63) is 29.8 Å². The second-order valence-corrected chi connectivity index (χ2v) is 5.14. The van der Waals surface area contributed by atoms with Gasteiger partial charge in [0.2, 0.25) is 0 Å². The Labute approximate surface area is 124 Å². The molecule has 0 N–H and O–H groups in total. The molecule has 3 rings (SSSR count). The van der Waals surface area contributed by atoms with E-state index in [4.69, 9.17) is 14.3 Å². The number of para-hydroxylation sites is 1. The lowest BCUT2D eigenvalue weighted by Crippen LogP contribution is -2.52. The molecule has 2 heterocycles. The predicted octanol–water partition coefficient (Wildman–Crippen LogP) is 2.10. The molecule has 0 saturated carbocycles. The Kier molecular flexibility index (Phi) is 3.51. The Morgan fingerprint density at radius 1 is 1.38 bits per heavy atom. The van der Waals surface area contributed by atoms with Crippen LogP contribution in [0.1, 0.15) is 18.9 Å². The zero-order chi connectivity index (χ0) is 15.0. The summed E-state index contributed by atoms with van der Waals surface area (Å²) in [6.45, 7) is 3.10. The summed E-state index contributed by atoms with van der Waals surface area (Å²) in [6.07, 6.45) is 0.0148. The van der Waals surface area contributed by atoms with Crippen LogP contribution >= 0.6 is 0 Å². The van der Waals surface area contributed by atoms with Gasteiger partial charge in [0.25, 0.3) is 0 Å². The van der Waals surface area contributed by atoms with E-state index in [1.54, 1.807) is 17.1 Å². The van der Waals surface area contributed by atoms with E-state index in [2.05, 4.69) is 0 Å². The largest absolute Gasteiger partial charge is 0.453 e.